The van der Waals surface area contributed by atoms with Gasteiger partial charge in [-0.05, 0) is 49.0 Å². The molecule has 0 bridgehead atoms. The Morgan fingerprint density at radius 2 is 1.40 bits per heavy atom. The van der Waals surface area contributed by atoms with E-state index in [0.717, 1.165) is 5.56 Å². The second kappa shape index (κ2) is 23.4. The van der Waals surface area contributed by atoms with Crippen LogP contribution in [0.15, 0.2) is 30.3 Å². The molecule has 13 nitrogen and oxygen atoms in total. The van der Waals surface area contributed by atoms with Crippen molar-refractivity contribution in [3.05, 3.63) is 35.9 Å². The molecule has 0 saturated heterocycles. The maximum absolute atomic E-state index is 13.6. The SMILES string of the molecule is CCC[C@H](NC(=O)[C@@H](NC(=O)CCCC(=O)O)[C@@H](C)CC)C(=O)N[C@@H](CC(C)C)[C@@H](O)CC(=O)N[C@H](C(=O)NCCc1ccccc1)C(C)C. The molecule has 0 aliphatic heterocycles. The highest BCUT2D eigenvalue weighted by atomic mass is 16.4. The Labute approximate surface area is 297 Å². The van der Waals surface area contributed by atoms with Gasteiger partial charge >= 0.3 is 5.97 Å². The molecule has 7 N–H and O–H groups in total. The summed E-state index contributed by atoms with van der Waals surface area (Å²) in [5, 5.41) is 34.0. The lowest BCUT2D eigenvalue weighted by Crippen LogP contribution is -2.58. The highest BCUT2D eigenvalue weighted by Gasteiger charge is 2.33. The zero-order chi connectivity index (χ0) is 37.8. The van der Waals surface area contributed by atoms with Crippen LogP contribution in [0.2, 0.25) is 0 Å². The summed E-state index contributed by atoms with van der Waals surface area (Å²) in [5.41, 5.74) is 1.08. The van der Waals surface area contributed by atoms with Crippen molar-refractivity contribution in [3.63, 3.8) is 0 Å². The molecule has 0 fully saturated rings. The smallest absolute Gasteiger partial charge is 0.303 e. The second-order valence-electron chi connectivity index (χ2n) is 13.9. The number of hydrogen-bond acceptors (Lipinski definition) is 7. The van der Waals surface area contributed by atoms with Crippen LogP contribution in [-0.4, -0.2) is 82.5 Å². The molecule has 0 aliphatic rings. The van der Waals surface area contributed by atoms with Crippen LogP contribution >= 0.6 is 0 Å². The lowest BCUT2D eigenvalue weighted by molar-refractivity contribution is -0.137. The fraction of sp³-hybridized carbons (Fsp3) is 0.676. The summed E-state index contributed by atoms with van der Waals surface area (Å²) in [6.45, 7) is 13.4. The first kappa shape index (κ1) is 44.0. The summed E-state index contributed by atoms with van der Waals surface area (Å²) in [7, 11) is 0. The summed E-state index contributed by atoms with van der Waals surface area (Å²) in [4.78, 5) is 76.4. The zero-order valence-corrected chi connectivity index (χ0v) is 30.9. The van der Waals surface area contributed by atoms with E-state index in [2.05, 4.69) is 26.6 Å². The monoisotopic (exact) mass is 703 g/mol. The average molecular weight is 704 g/mol. The Bertz CT molecular complexity index is 1230. The minimum absolute atomic E-state index is 0.0437. The molecule has 1 aromatic rings. The standard InChI is InChI=1S/C37H61N5O8/c1-8-14-27(39-37(50)34(25(7)9-2)41-30(44)17-13-18-32(46)47)35(48)40-28(21-23(3)4)29(43)22-31(45)42-33(24(5)6)36(49)38-20-19-26-15-11-10-12-16-26/h10-12,15-16,23-25,27-29,33-34,43H,8-9,13-14,17-22H2,1-7H3,(H,38,49)(H,39,50)(H,40,48)(H,41,44)(H,42,45)(H,46,47)/t25-,27-,28-,29-,33-,34-/m0/s1. The van der Waals surface area contributed by atoms with E-state index in [-0.39, 0.29) is 55.8 Å². The van der Waals surface area contributed by atoms with Gasteiger partial charge in [-0.3, -0.25) is 28.8 Å². The minimum Gasteiger partial charge on any atom is -0.481 e. The van der Waals surface area contributed by atoms with Crippen LogP contribution in [-0.2, 0) is 35.2 Å². The molecule has 5 amide bonds. The molecular formula is C37H61N5O8. The summed E-state index contributed by atoms with van der Waals surface area (Å²) in [6, 6.07) is 6.18. The number of aliphatic hydroxyl groups is 1. The third kappa shape index (κ3) is 17.1. The Balaban J connectivity index is 2.93. The van der Waals surface area contributed by atoms with Gasteiger partial charge in [-0.15, -0.1) is 0 Å². The first-order chi connectivity index (χ1) is 23.6. The van der Waals surface area contributed by atoms with Crippen molar-refractivity contribution in [3.8, 4) is 0 Å². The van der Waals surface area contributed by atoms with Crippen molar-refractivity contribution >= 4 is 35.5 Å². The van der Waals surface area contributed by atoms with E-state index in [1.165, 1.54) is 0 Å². The lowest BCUT2D eigenvalue weighted by atomic mass is 9.95. The van der Waals surface area contributed by atoms with E-state index in [4.69, 9.17) is 5.11 Å². The zero-order valence-electron chi connectivity index (χ0n) is 30.9. The number of rotatable bonds is 24. The maximum Gasteiger partial charge on any atom is 0.303 e. The van der Waals surface area contributed by atoms with Gasteiger partial charge in [0.1, 0.15) is 18.1 Å². The van der Waals surface area contributed by atoms with E-state index in [9.17, 15) is 33.9 Å². The highest BCUT2D eigenvalue weighted by molar-refractivity contribution is 5.92. The number of aliphatic carboxylic acids is 1. The van der Waals surface area contributed by atoms with Crippen LogP contribution in [0.5, 0.6) is 0 Å². The van der Waals surface area contributed by atoms with Crippen molar-refractivity contribution in [2.24, 2.45) is 17.8 Å². The van der Waals surface area contributed by atoms with Crippen LogP contribution in [0, 0.1) is 17.8 Å². The van der Waals surface area contributed by atoms with E-state index in [0.29, 0.717) is 32.2 Å². The first-order valence-corrected chi connectivity index (χ1v) is 18.0. The van der Waals surface area contributed by atoms with Crippen LogP contribution in [0.3, 0.4) is 0 Å². The van der Waals surface area contributed by atoms with Crippen LogP contribution in [0.25, 0.3) is 0 Å². The van der Waals surface area contributed by atoms with Crippen molar-refractivity contribution < 1.29 is 39.0 Å². The number of aliphatic hydroxyl groups excluding tert-OH is 1. The number of carbonyl (C=O) groups is 6. The first-order valence-electron chi connectivity index (χ1n) is 18.0. The normalized spacial score (nSPS) is 14.8. The predicted octanol–water partition coefficient (Wildman–Crippen LogP) is 2.84. The van der Waals surface area contributed by atoms with Gasteiger partial charge in [0.25, 0.3) is 0 Å². The molecule has 13 heteroatoms. The van der Waals surface area contributed by atoms with Crippen LogP contribution in [0.1, 0.15) is 105 Å². The van der Waals surface area contributed by atoms with E-state index < -0.39 is 59.9 Å². The second-order valence-corrected chi connectivity index (χ2v) is 13.9. The summed E-state index contributed by atoms with van der Waals surface area (Å²) in [5.74, 6) is -3.83. The number of hydrogen-bond donors (Lipinski definition) is 7. The predicted molar refractivity (Wildman–Crippen MR) is 192 cm³/mol. The topological polar surface area (TPSA) is 203 Å². The molecule has 0 saturated carbocycles. The summed E-state index contributed by atoms with van der Waals surface area (Å²) >= 11 is 0. The van der Waals surface area contributed by atoms with Gasteiger partial charge in [0, 0.05) is 19.4 Å². The number of carbonyl (C=O) groups excluding carboxylic acids is 5. The van der Waals surface area contributed by atoms with Gasteiger partial charge in [-0.1, -0.05) is 91.6 Å². The molecule has 1 rings (SSSR count). The number of carboxylic acids is 1. The fourth-order valence-corrected chi connectivity index (χ4v) is 5.45. The van der Waals surface area contributed by atoms with E-state index >= 15 is 0 Å². The van der Waals surface area contributed by atoms with Gasteiger partial charge in [0.2, 0.25) is 29.5 Å². The third-order valence-electron chi connectivity index (χ3n) is 8.55. The fourth-order valence-electron chi connectivity index (χ4n) is 5.45. The molecule has 0 spiro atoms. The summed E-state index contributed by atoms with van der Waals surface area (Å²) < 4.78 is 0. The van der Waals surface area contributed by atoms with Gasteiger partial charge in [0.05, 0.1) is 18.6 Å². The van der Waals surface area contributed by atoms with Gasteiger partial charge in [-0.2, -0.15) is 0 Å². The Hall–Kier alpha value is -4.00. The molecule has 1 aromatic carbocycles. The van der Waals surface area contributed by atoms with Crippen LogP contribution < -0.4 is 26.6 Å². The minimum atomic E-state index is -1.27. The number of nitrogens with one attached hydrogen (secondary N) is 5. The molecule has 6 atom stereocenters. The molecule has 282 valence electrons. The average Bonchev–Trinajstić information content (AvgIpc) is 3.04. The van der Waals surface area contributed by atoms with E-state index in [1.54, 1.807) is 6.92 Å². The number of benzene rings is 1. The highest BCUT2D eigenvalue weighted by Crippen LogP contribution is 2.14. The molecular weight excluding hydrogens is 642 g/mol. The molecule has 0 heterocycles. The molecule has 50 heavy (non-hydrogen) atoms. The van der Waals surface area contributed by atoms with Crippen molar-refractivity contribution in [1.82, 2.24) is 26.6 Å². The van der Waals surface area contributed by atoms with Crippen molar-refractivity contribution in [1.29, 1.82) is 0 Å². The van der Waals surface area contributed by atoms with Gasteiger partial charge in [-0.25, -0.2) is 0 Å². The van der Waals surface area contributed by atoms with Crippen molar-refractivity contribution in [2.75, 3.05) is 6.54 Å². The Morgan fingerprint density at radius 3 is 1.96 bits per heavy atom. The number of carboxylic acid groups (broad SMARTS) is 1. The lowest BCUT2D eigenvalue weighted by Gasteiger charge is -2.30. The van der Waals surface area contributed by atoms with E-state index in [1.807, 2.05) is 71.9 Å². The molecule has 0 radical (unpaired) electrons. The van der Waals surface area contributed by atoms with Crippen LogP contribution in [0.4, 0.5) is 0 Å². The largest absolute Gasteiger partial charge is 0.481 e. The number of amides is 5. The summed E-state index contributed by atoms with van der Waals surface area (Å²) in [6.07, 6.45) is 0.688. The maximum atomic E-state index is 13.6. The molecule has 0 unspecified atom stereocenters. The van der Waals surface area contributed by atoms with Gasteiger partial charge in [0.15, 0.2) is 0 Å². The quantitative estimate of drug-likeness (QED) is 0.0851. The molecule has 0 aromatic heterocycles. The molecule has 0 aliphatic carbocycles. The van der Waals surface area contributed by atoms with Gasteiger partial charge < -0.3 is 36.8 Å². The van der Waals surface area contributed by atoms with Crippen molar-refractivity contribution in [2.45, 2.75) is 137 Å². The Kier molecular flexibility index (Phi) is 20.6. The third-order valence-corrected chi connectivity index (χ3v) is 8.55. The Morgan fingerprint density at radius 1 is 0.760 bits per heavy atom.